The van der Waals surface area contributed by atoms with E-state index in [1.165, 1.54) is 19.3 Å². The van der Waals surface area contributed by atoms with Crippen LogP contribution in [0.25, 0.3) is 0 Å². The summed E-state index contributed by atoms with van der Waals surface area (Å²) in [5, 5.41) is 22.0. The second kappa shape index (κ2) is 9.80. The molecule has 27 heavy (non-hydrogen) atoms. The second-order valence-corrected chi connectivity index (χ2v) is 8.33. The van der Waals surface area contributed by atoms with Crippen LogP contribution in [-0.2, 0) is 0 Å². The van der Waals surface area contributed by atoms with Gasteiger partial charge in [-0.25, -0.2) is 4.68 Å². The minimum Gasteiger partial charge on any atom is -0.294 e. The molecule has 0 amide bonds. The van der Waals surface area contributed by atoms with Gasteiger partial charge in [0.1, 0.15) is 6.04 Å². The average molecular weight is 385 g/mol. The number of aromatic nitrogens is 3. The van der Waals surface area contributed by atoms with Crippen LogP contribution in [-0.4, -0.2) is 20.8 Å². The molecule has 1 saturated carbocycles. The van der Waals surface area contributed by atoms with Crippen LogP contribution in [0.15, 0.2) is 23.0 Å². The number of thiophene rings is 1. The van der Waals surface area contributed by atoms with Gasteiger partial charge in [0, 0.05) is 23.3 Å². The number of rotatable bonds is 9. The van der Waals surface area contributed by atoms with Crippen molar-refractivity contribution < 1.29 is 4.79 Å². The van der Waals surface area contributed by atoms with Crippen molar-refractivity contribution in [3.8, 4) is 6.07 Å². The third kappa shape index (κ3) is 5.04. The van der Waals surface area contributed by atoms with E-state index in [0.717, 1.165) is 43.4 Å². The second-order valence-electron chi connectivity index (χ2n) is 7.55. The predicted molar refractivity (Wildman–Crippen MR) is 107 cm³/mol. The minimum absolute atomic E-state index is 0.0944. The highest BCUT2D eigenvalue weighted by Crippen LogP contribution is 2.38. The topological polar surface area (TPSA) is 71.6 Å². The summed E-state index contributed by atoms with van der Waals surface area (Å²) in [5.74, 6) is 0.754. The first-order valence-corrected chi connectivity index (χ1v) is 11.0. The van der Waals surface area contributed by atoms with Crippen LogP contribution in [0, 0.1) is 17.2 Å². The molecule has 6 heteroatoms. The molecule has 0 bridgehead atoms. The molecule has 0 saturated heterocycles. The lowest BCUT2D eigenvalue weighted by atomic mass is 9.76. The SMILES string of the molecule is CCCC[C@@H](C#N)n1cc([C@@H](CC(=O)c2ccsc2)C2CCCCC2)nn1. The smallest absolute Gasteiger partial charge is 0.164 e. The van der Waals surface area contributed by atoms with E-state index in [9.17, 15) is 10.1 Å². The molecule has 0 aliphatic heterocycles. The first-order valence-electron chi connectivity index (χ1n) is 10.1. The van der Waals surface area contributed by atoms with Gasteiger partial charge in [-0.05, 0) is 36.6 Å². The summed E-state index contributed by atoms with van der Waals surface area (Å²) in [6.45, 7) is 2.12. The third-order valence-electron chi connectivity index (χ3n) is 5.67. The van der Waals surface area contributed by atoms with Crippen molar-refractivity contribution in [3.63, 3.8) is 0 Å². The zero-order chi connectivity index (χ0) is 19.1. The molecule has 2 aromatic rings. The number of carbonyl (C=O) groups excluding carboxylic acids is 1. The first-order chi connectivity index (χ1) is 13.2. The van der Waals surface area contributed by atoms with E-state index in [-0.39, 0.29) is 17.7 Å². The van der Waals surface area contributed by atoms with E-state index in [1.54, 1.807) is 16.0 Å². The Balaban J connectivity index is 1.80. The van der Waals surface area contributed by atoms with Crippen molar-refractivity contribution in [2.24, 2.45) is 5.92 Å². The highest BCUT2D eigenvalue weighted by molar-refractivity contribution is 7.08. The summed E-state index contributed by atoms with van der Waals surface area (Å²) in [6, 6.07) is 3.97. The number of nitrogens with zero attached hydrogens (tertiary/aromatic N) is 4. The Bertz CT molecular complexity index is 755. The van der Waals surface area contributed by atoms with Crippen molar-refractivity contribution in [1.82, 2.24) is 15.0 Å². The first kappa shape index (κ1) is 19.8. The van der Waals surface area contributed by atoms with Gasteiger partial charge < -0.3 is 0 Å². The fourth-order valence-corrected chi connectivity index (χ4v) is 4.72. The Morgan fingerprint density at radius 2 is 2.22 bits per heavy atom. The Morgan fingerprint density at radius 1 is 1.41 bits per heavy atom. The van der Waals surface area contributed by atoms with Gasteiger partial charge in [0.25, 0.3) is 0 Å². The molecule has 0 N–H and O–H groups in total. The molecular weight excluding hydrogens is 356 g/mol. The predicted octanol–water partition coefficient (Wildman–Crippen LogP) is 5.53. The number of nitriles is 1. The zero-order valence-electron chi connectivity index (χ0n) is 16.0. The molecule has 144 valence electrons. The largest absolute Gasteiger partial charge is 0.294 e. The Labute approximate surface area is 165 Å². The van der Waals surface area contributed by atoms with Crippen molar-refractivity contribution in [2.45, 2.75) is 76.7 Å². The molecule has 0 spiro atoms. The van der Waals surface area contributed by atoms with Gasteiger partial charge in [-0.15, -0.1) is 5.10 Å². The van der Waals surface area contributed by atoms with Gasteiger partial charge in [-0.2, -0.15) is 16.6 Å². The summed E-state index contributed by atoms with van der Waals surface area (Å²) in [4.78, 5) is 12.8. The fourth-order valence-electron chi connectivity index (χ4n) is 4.06. The van der Waals surface area contributed by atoms with E-state index in [1.807, 2.05) is 23.0 Å². The molecule has 1 aliphatic carbocycles. The molecular formula is C21H28N4OS. The summed E-state index contributed by atoms with van der Waals surface area (Å²) >= 11 is 1.56. The summed E-state index contributed by atoms with van der Waals surface area (Å²) < 4.78 is 1.70. The lowest BCUT2D eigenvalue weighted by molar-refractivity contribution is 0.0957. The van der Waals surface area contributed by atoms with Gasteiger partial charge >= 0.3 is 0 Å². The lowest BCUT2D eigenvalue weighted by Crippen LogP contribution is -2.20. The maximum absolute atomic E-state index is 12.8. The highest BCUT2D eigenvalue weighted by atomic mass is 32.1. The molecule has 3 rings (SSSR count). The lowest BCUT2D eigenvalue weighted by Gasteiger charge is -2.28. The molecule has 2 aromatic heterocycles. The van der Waals surface area contributed by atoms with Crippen molar-refractivity contribution in [3.05, 3.63) is 34.3 Å². The number of Topliss-reactive ketones (excluding diaryl/α,β-unsaturated/α-hetero) is 1. The van der Waals surface area contributed by atoms with Crippen LogP contribution in [0.3, 0.4) is 0 Å². The quantitative estimate of drug-likeness (QED) is 0.533. The molecule has 5 nitrogen and oxygen atoms in total. The van der Waals surface area contributed by atoms with Crippen LogP contribution >= 0.6 is 11.3 Å². The number of unbranched alkanes of at least 4 members (excludes halogenated alkanes) is 1. The van der Waals surface area contributed by atoms with Crippen molar-refractivity contribution >= 4 is 17.1 Å². The third-order valence-corrected chi connectivity index (χ3v) is 6.36. The standard InChI is InChI=1S/C21H28N4OS/c1-2-3-9-18(13-22)25-14-20(23-24-25)19(16-7-5-4-6-8-16)12-21(26)17-10-11-27-15-17/h10-11,14-16,18-19H,2-9,12H2,1H3/t18-,19-/m0/s1. The van der Waals surface area contributed by atoms with Gasteiger partial charge in [0.15, 0.2) is 5.78 Å². The minimum atomic E-state index is -0.272. The van der Waals surface area contributed by atoms with Gasteiger partial charge in [0.05, 0.1) is 18.0 Å². The van der Waals surface area contributed by atoms with E-state index in [0.29, 0.717) is 12.3 Å². The van der Waals surface area contributed by atoms with Gasteiger partial charge in [-0.1, -0.05) is 44.2 Å². The van der Waals surface area contributed by atoms with Crippen LogP contribution in [0.2, 0.25) is 0 Å². The zero-order valence-corrected chi connectivity index (χ0v) is 16.8. The number of ketones is 1. The number of hydrogen-bond donors (Lipinski definition) is 0. The monoisotopic (exact) mass is 384 g/mol. The number of carbonyl (C=O) groups is 1. The Hall–Kier alpha value is -2.00. The normalized spacial score (nSPS) is 17.3. The molecule has 1 fully saturated rings. The molecule has 1 aliphatic rings. The molecule has 2 atom stereocenters. The molecule has 0 aromatic carbocycles. The summed E-state index contributed by atoms with van der Waals surface area (Å²) in [7, 11) is 0. The summed E-state index contributed by atoms with van der Waals surface area (Å²) in [5.41, 5.74) is 1.67. The molecule has 0 radical (unpaired) electrons. The number of hydrogen-bond acceptors (Lipinski definition) is 5. The highest BCUT2D eigenvalue weighted by Gasteiger charge is 2.30. The Kier molecular flexibility index (Phi) is 7.17. The van der Waals surface area contributed by atoms with Gasteiger partial charge in [0.2, 0.25) is 0 Å². The fraction of sp³-hybridized carbons (Fsp3) is 0.619. The van der Waals surface area contributed by atoms with Crippen LogP contribution in [0.4, 0.5) is 0 Å². The average Bonchev–Trinajstić information content (AvgIpc) is 3.40. The van der Waals surface area contributed by atoms with E-state index < -0.39 is 0 Å². The summed E-state index contributed by atoms with van der Waals surface area (Å²) in [6.07, 6.45) is 11.3. The molecule has 0 unspecified atom stereocenters. The Morgan fingerprint density at radius 3 is 2.89 bits per heavy atom. The maximum Gasteiger partial charge on any atom is 0.164 e. The van der Waals surface area contributed by atoms with Crippen molar-refractivity contribution in [1.29, 1.82) is 5.26 Å². The molecule has 2 heterocycles. The van der Waals surface area contributed by atoms with Crippen LogP contribution < -0.4 is 0 Å². The van der Waals surface area contributed by atoms with E-state index in [2.05, 4.69) is 23.3 Å². The maximum atomic E-state index is 12.8. The van der Waals surface area contributed by atoms with Crippen LogP contribution in [0.5, 0.6) is 0 Å². The van der Waals surface area contributed by atoms with Crippen LogP contribution in [0.1, 0.15) is 92.7 Å². The van der Waals surface area contributed by atoms with E-state index in [4.69, 9.17) is 0 Å². The van der Waals surface area contributed by atoms with Gasteiger partial charge in [-0.3, -0.25) is 4.79 Å². The van der Waals surface area contributed by atoms with Crippen molar-refractivity contribution in [2.75, 3.05) is 0 Å². The van der Waals surface area contributed by atoms with E-state index >= 15 is 0 Å².